The summed E-state index contributed by atoms with van der Waals surface area (Å²) in [7, 11) is 1.49. The molecule has 4 N–H and O–H groups in total. The fourth-order valence-electron chi connectivity index (χ4n) is 2.58. The van der Waals surface area contributed by atoms with E-state index >= 15 is 0 Å². The molecule has 3 rings (SSSR count). The van der Waals surface area contributed by atoms with Crippen molar-refractivity contribution in [3.63, 3.8) is 0 Å². The van der Waals surface area contributed by atoms with E-state index in [0.717, 1.165) is 5.56 Å². The maximum absolute atomic E-state index is 12.1. The van der Waals surface area contributed by atoms with Gasteiger partial charge in [-0.1, -0.05) is 6.08 Å². The Kier molecular flexibility index (Phi) is 5.28. The van der Waals surface area contributed by atoms with Crippen molar-refractivity contribution >= 4 is 11.6 Å². The van der Waals surface area contributed by atoms with Crippen LogP contribution in [0.5, 0.6) is 6.01 Å². The molecule has 26 heavy (non-hydrogen) atoms. The molecule has 0 saturated carbocycles. The van der Waals surface area contributed by atoms with Gasteiger partial charge in [-0.05, 0) is 12.1 Å². The number of hydrogen-bond acceptors (Lipinski definition) is 7. The number of methoxy groups -OCH3 is 1. The van der Waals surface area contributed by atoms with Gasteiger partial charge >= 0.3 is 6.01 Å². The lowest BCUT2D eigenvalue weighted by molar-refractivity contribution is -0.129. The Balaban J connectivity index is 1.69. The number of amides is 1. The minimum Gasteiger partial charge on any atom is -0.467 e. The van der Waals surface area contributed by atoms with E-state index in [1.165, 1.54) is 13.2 Å². The Labute approximate surface area is 149 Å². The number of nitrogens with one attached hydrogen (secondary N) is 2. The van der Waals surface area contributed by atoms with E-state index in [4.69, 9.17) is 10.5 Å². The minimum atomic E-state index is -0.234. The van der Waals surface area contributed by atoms with Gasteiger partial charge in [0.05, 0.1) is 18.8 Å². The smallest absolute Gasteiger partial charge is 0.316 e. The molecule has 0 atom stereocenters. The fraction of sp³-hybridized carbons (Fsp3) is 0.294. The third-order valence-electron chi connectivity index (χ3n) is 3.96. The molecule has 2 aromatic heterocycles. The SMILES string of the molecule is COc1nccc(-c2c[nH]c(=O)c(NC3CN(C(=O)/C=C/CN)C3)c2)n1. The molecule has 0 unspecified atom stereocenters. The van der Waals surface area contributed by atoms with Gasteiger partial charge < -0.3 is 25.7 Å². The minimum absolute atomic E-state index is 0.0153. The summed E-state index contributed by atoms with van der Waals surface area (Å²) in [5, 5.41) is 3.17. The van der Waals surface area contributed by atoms with Crippen molar-refractivity contribution in [2.75, 3.05) is 32.1 Å². The highest BCUT2D eigenvalue weighted by atomic mass is 16.5. The highest BCUT2D eigenvalue weighted by molar-refractivity contribution is 5.88. The lowest BCUT2D eigenvalue weighted by Crippen LogP contribution is -2.57. The van der Waals surface area contributed by atoms with Crippen LogP contribution in [0.1, 0.15) is 0 Å². The molecule has 0 aliphatic carbocycles. The summed E-state index contributed by atoms with van der Waals surface area (Å²) in [6.07, 6.45) is 6.26. The molecule has 9 heteroatoms. The molecule has 1 saturated heterocycles. The molecule has 0 aromatic carbocycles. The number of aromatic nitrogens is 3. The zero-order valence-corrected chi connectivity index (χ0v) is 14.3. The van der Waals surface area contributed by atoms with Gasteiger partial charge in [0.1, 0.15) is 5.69 Å². The Morgan fingerprint density at radius 3 is 3.08 bits per heavy atom. The third kappa shape index (κ3) is 3.89. The number of rotatable bonds is 6. The maximum atomic E-state index is 12.1. The van der Waals surface area contributed by atoms with E-state index in [0.29, 0.717) is 31.0 Å². The number of carbonyl (C=O) groups excluding carboxylic acids is 1. The van der Waals surface area contributed by atoms with E-state index in [-0.39, 0.29) is 23.5 Å². The number of anilines is 1. The molecule has 1 amide bonds. The van der Waals surface area contributed by atoms with Crippen LogP contribution >= 0.6 is 0 Å². The van der Waals surface area contributed by atoms with E-state index < -0.39 is 0 Å². The van der Waals surface area contributed by atoms with Gasteiger partial charge in [0.15, 0.2) is 0 Å². The number of aromatic amines is 1. The normalized spacial score (nSPS) is 14.3. The van der Waals surface area contributed by atoms with Crippen molar-refractivity contribution in [2.24, 2.45) is 5.73 Å². The number of hydrogen-bond donors (Lipinski definition) is 3. The van der Waals surface area contributed by atoms with E-state index in [2.05, 4.69) is 20.3 Å². The number of nitrogens with zero attached hydrogens (tertiary/aromatic N) is 3. The molecular weight excluding hydrogens is 336 g/mol. The fourth-order valence-corrected chi connectivity index (χ4v) is 2.58. The van der Waals surface area contributed by atoms with Crippen molar-refractivity contribution in [3.8, 4) is 17.3 Å². The lowest BCUT2D eigenvalue weighted by atomic mass is 10.1. The number of ether oxygens (including phenoxy) is 1. The van der Waals surface area contributed by atoms with Crippen LogP contribution in [0.25, 0.3) is 11.3 Å². The summed E-state index contributed by atoms with van der Waals surface area (Å²) >= 11 is 0. The van der Waals surface area contributed by atoms with Gasteiger partial charge in [-0.2, -0.15) is 4.98 Å². The van der Waals surface area contributed by atoms with Gasteiger partial charge in [0.2, 0.25) is 5.91 Å². The Morgan fingerprint density at radius 1 is 1.54 bits per heavy atom. The summed E-state index contributed by atoms with van der Waals surface area (Å²) in [6.45, 7) is 1.38. The quantitative estimate of drug-likeness (QED) is 0.621. The van der Waals surface area contributed by atoms with Gasteiger partial charge in [0, 0.05) is 43.7 Å². The largest absolute Gasteiger partial charge is 0.467 e. The maximum Gasteiger partial charge on any atom is 0.316 e. The van der Waals surface area contributed by atoms with Crippen LogP contribution < -0.4 is 21.3 Å². The molecule has 0 bridgehead atoms. The Bertz CT molecular complexity index is 873. The van der Waals surface area contributed by atoms with Crippen molar-refractivity contribution < 1.29 is 9.53 Å². The summed E-state index contributed by atoms with van der Waals surface area (Å²) in [5.74, 6) is -0.0794. The predicted molar refractivity (Wildman–Crippen MR) is 96.8 cm³/mol. The molecule has 1 fully saturated rings. The topological polar surface area (TPSA) is 126 Å². The molecule has 9 nitrogen and oxygen atoms in total. The first kappa shape index (κ1) is 17.6. The van der Waals surface area contributed by atoms with Crippen molar-refractivity contribution in [1.29, 1.82) is 0 Å². The zero-order valence-electron chi connectivity index (χ0n) is 14.3. The monoisotopic (exact) mass is 356 g/mol. The van der Waals surface area contributed by atoms with E-state index in [9.17, 15) is 9.59 Å². The molecule has 0 spiro atoms. The molecule has 1 aliphatic rings. The second-order valence-corrected chi connectivity index (χ2v) is 5.78. The second kappa shape index (κ2) is 7.79. The molecule has 1 aliphatic heterocycles. The number of H-pyrrole nitrogens is 1. The molecule has 3 heterocycles. The zero-order chi connectivity index (χ0) is 18.5. The highest BCUT2D eigenvalue weighted by Gasteiger charge is 2.29. The van der Waals surface area contributed by atoms with E-state index in [1.54, 1.807) is 35.5 Å². The molecule has 2 aromatic rings. The van der Waals surface area contributed by atoms with Crippen LogP contribution in [-0.2, 0) is 4.79 Å². The predicted octanol–water partition coefficient (Wildman–Crippen LogP) is -0.0219. The molecule has 0 radical (unpaired) electrons. The number of carbonyl (C=O) groups is 1. The summed E-state index contributed by atoms with van der Waals surface area (Å²) in [6, 6.07) is 3.72. The van der Waals surface area contributed by atoms with Gasteiger partial charge in [-0.3, -0.25) is 9.59 Å². The average molecular weight is 356 g/mol. The van der Waals surface area contributed by atoms with Gasteiger partial charge in [-0.25, -0.2) is 4.98 Å². The Hall–Kier alpha value is -3.20. The number of pyridine rings is 1. The highest BCUT2D eigenvalue weighted by Crippen LogP contribution is 2.20. The van der Waals surface area contributed by atoms with Crippen LogP contribution in [0.4, 0.5) is 5.69 Å². The van der Waals surface area contributed by atoms with Crippen LogP contribution in [0.2, 0.25) is 0 Å². The van der Waals surface area contributed by atoms with Crippen molar-refractivity contribution in [3.05, 3.63) is 47.0 Å². The first-order chi connectivity index (χ1) is 12.6. The summed E-state index contributed by atoms with van der Waals surface area (Å²) in [4.78, 5) is 36.5. The van der Waals surface area contributed by atoms with Crippen LogP contribution in [0.15, 0.2) is 41.5 Å². The summed E-state index contributed by atoms with van der Waals surface area (Å²) < 4.78 is 5.02. The molecular formula is C17H20N6O3. The first-order valence-corrected chi connectivity index (χ1v) is 8.13. The summed E-state index contributed by atoms with van der Waals surface area (Å²) in [5.41, 5.74) is 6.89. The van der Waals surface area contributed by atoms with Crippen molar-refractivity contribution in [1.82, 2.24) is 19.9 Å². The van der Waals surface area contributed by atoms with Gasteiger partial charge in [0.25, 0.3) is 5.56 Å². The van der Waals surface area contributed by atoms with Crippen LogP contribution in [0, 0.1) is 0 Å². The number of nitrogens with two attached hydrogens (primary N) is 1. The Morgan fingerprint density at radius 2 is 2.35 bits per heavy atom. The third-order valence-corrected chi connectivity index (χ3v) is 3.96. The van der Waals surface area contributed by atoms with Gasteiger partial charge in [-0.15, -0.1) is 0 Å². The van der Waals surface area contributed by atoms with E-state index in [1.807, 2.05) is 0 Å². The first-order valence-electron chi connectivity index (χ1n) is 8.13. The van der Waals surface area contributed by atoms with Crippen LogP contribution in [0.3, 0.4) is 0 Å². The standard InChI is InChI=1S/C17H20N6O3/c1-26-17-19-6-4-13(22-17)11-7-14(16(25)20-8-11)21-12-9-23(10-12)15(24)3-2-5-18/h2-4,6-8,12,21H,5,9-10,18H2,1H3,(H,20,25)/b3-2+. The lowest BCUT2D eigenvalue weighted by Gasteiger charge is -2.39. The van der Waals surface area contributed by atoms with Crippen molar-refractivity contribution in [2.45, 2.75) is 6.04 Å². The average Bonchev–Trinajstić information content (AvgIpc) is 2.63. The molecule has 136 valence electrons. The van der Waals surface area contributed by atoms with Crippen LogP contribution in [-0.4, -0.2) is 58.5 Å². The number of likely N-dealkylation sites (tertiary alicyclic amines) is 1. The second-order valence-electron chi connectivity index (χ2n) is 5.78.